The van der Waals surface area contributed by atoms with Crippen LogP contribution < -0.4 is 15.4 Å². The number of fused-ring (bicyclic) bond motifs is 2. The second-order valence-electron chi connectivity index (χ2n) is 10.1. The fourth-order valence-corrected chi connectivity index (χ4v) is 5.48. The first kappa shape index (κ1) is 27.1. The number of pyridine rings is 1. The van der Waals surface area contributed by atoms with Crippen LogP contribution in [0, 0.1) is 0 Å². The lowest BCUT2D eigenvalue weighted by atomic mass is 9.88. The molecule has 14 heteroatoms. The molecule has 41 heavy (non-hydrogen) atoms. The van der Waals surface area contributed by atoms with E-state index in [0.29, 0.717) is 39.5 Å². The summed E-state index contributed by atoms with van der Waals surface area (Å²) < 4.78 is 50.9. The molecule has 2 N–H and O–H groups in total. The molecule has 6 rings (SSSR count). The minimum atomic E-state index is -4.48. The smallest absolute Gasteiger partial charge is 0.416 e. The molecule has 5 heterocycles. The zero-order valence-electron chi connectivity index (χ0n) is 22.5. The van der Waals surface area contributed by atoms with Gasteiger partial charge in [0.1, 0.15) is 10.5 Å². The van der Waals surface area contributed by atoms with E-state index in [0.717, 1.165) is 32.0 Å². The van der Waals surface area contributed by atoms with Crippen LogP contribution in [-0.2, 0) is 13.2 Å². The molecular weight excluding hydrogens is 559 g/mol. The largest absolute Gasteiger partial charge is 0.450 e. The lowest BCUT2D eigenvalue weighted by Crippen LogP contribution is -2.29. The summed E-state index contributed by atoms with van der Waals surface area (Å²) in [6, 6.07) is 4.13. The molecule has 0 saturated carbocycles. The number of aryl methyl sites for hydroxylation is 1. The van der Waals surface area contributed by atoms with Gasteiger partial charge in [0.25, 0.3) is 0 Å². The predicted octanol–water partition coefficient (Wildman–Crippen LogP) is 6.07. The van der Waals surface area contributed by atoms with Crippen molar-refractivity contribution in [3.8, 4) is 11.5 Å². The van der Waals surface area contributed by atoms with Gasteiger partial charge in [0.15, 0.2) is 28.5 Å². The van der Waals surface area contributed by atoms with Crippen molar-refractivity contribution >= 4 is 45.7 Å². The summed E-state index contributed by atoms with van der Waals surface area (Å²) in [5.74, 6) is 1.58. The van der Waals surface area contributed by atoms with E-state index in [4.69, 9.17) is 16.3 Å². The highest BCUT2D eigenvalue weighted by molar-refractivity contribution is 6.36. The van der Waals surface area contributed by atoms with E-state index in [1.807, 2.05) is 7.05 Å². The maximum absolute atomic E-state index is 13.8. The summed E-state index contributed by atoms with van der Waals surface area (Å²) in [5.41, 5.74) is 1.63. The quantitative estimate of drug-likeness (QED) is 0.248. The molecule has 214 valence electrons. The molecule has 0 bridgehead atoms. The number of likely N-dealkylation sites (tertiary alicyclic amines) is 1. The Morgan fingerprint density at radius 2 is 1.80 bits per heavy atom. The number of halogens is 4. The Bertz CT molecular complexity index is 1740. The number of alkyl halides is 3. The highest BCUT2D eigenvalue weighted by Crippen LogP contribution is 2.39. The first-order chi connectivity index (χ1) is 19.6. The van der Waals surface area contributed by atoms with Crippen LogP contribution in [-0.4, -0.2) is 61.2 Å². The van der Waals surface area contributed by atoms with Crippen LogP contribution in [0.3, 0.4) is 0 Å². The third kappa shape index (κ3) is 5.10. The van der Waals surface area contributed by atoms with Crippen LogP contribution in [0.25, 0.3) is 16.7 Å². The number of ether oxygens (including phenoxy) is 1. The number of nitrogens with zero attached hydrogens (tertiary/aromatic N) is 7. The maximum Gasteiger partial charge on any atom is 0.416 e. The van der Waals surface area contributed by atoms with Gasteiger partial charge in [-0.3, -0.25) is 0 Å². The van der Waals surface area contributed by atoms with Gasteiger partial charge in [-0.15, -0.1) is 0 Å². The minimum Gasteiger partial charge on any atom is -0.450 e. The Balaban J connectivity index is 1.34. The summed E-state index contributed by atoms with van der Waals surface area (Å²) in [6.45, 7) is 1.68. The minimum absolute atomic E-state index is 0.0452. The third-order valence-electron chi connectivity index (χ3n) is 7.39. The van der Waals surface area contributed by atoms with Crippen molar-refractivity contribution in [3.05, 3.63) is 59.1 Å². The monoisotopic (exact) mass is 585 g/mol. The normalized spacial score (nSPS) is 15.1. The molecule has 0 radical (unpaired) electrons. The van der Waals surface area contributed by atoms with Gasteiger partial charge in [-0.1, -0.05) is 11.6 Å². The molecule has 4 aromatic heterocycles. The molecular formula is C27H27ClF3N9O. The van der Waals surface area contributed by atoms with Gasteiger partial charge in [-0.2, -0.15) is 23.3 Å². The molecule has 0 unspecified atom stereocenters. The summed E-state index contributed by atoms with van der Waals surface area (Å²) in [4.78, 5) is 15.4. The van der Waals surface area contributed by atoms with E-state index >= 15 is 0 Å². The number of benzene rings is 1. The molecule has 0 aliphatic carbocycles. The second-order valence-corrected chi connectivity index (χ2v) is 10.5. The van der Waals surface area contributed by atoms with Crippen LogP contribution in [0.15, 0.2) is 43.0 Å². The molecule has 1 aliphatic rings. The lowest BCUT2D eigenvalue weighted by Gasteiger charge is -2.29. The molecule has 5 aromatic rings. The van der Waals surface area contributed by atoms with Gasteiger partial charge in [0.05, 0.1) is 18.0 Å². The molecule has 0 spiro atoms. The highest BCUT2D eigenvalue weighted by atomic mass is 35.5. The molecule has 0 amide bonds. The Morgan fingerprint density at radius 1 is 1.02 bits per heavy atom. The molecule has 1 aliphatic heterocycles. The molecule has 1 saturated heterocycles. The number of nitrogens with one attached hydrogen (secondary N) is 2. The zero-order valence-corrected chi connectivity index (χ0v) is 23.3. The summed E-state index contributed by atoms with van der Waals surface area (Å²) >= 11 is 6.76. The van der Waals surface area contributed by atoms with Gasteiger partial charge in [-0.05, 0) is 62.7 Å². The summed E-state index contributed by atoms with van der Waals surface area (Å²) in [7, 11) is 5.47. The van der Waals surface area contributed by atoms with Crippen LogP contribution in [0.5, 0.6) is 11.5 Å². The van der Waals surface area contributed by atoms with Gasteiger partial charge in [-0.25, -0.2) is 14.5 Å². The van der Waals surface area contributed by atoms with E-state index in [1.54, 1.807) is 47.8 Å². The lowest BCUT2D eigenvalue weighted by molar-refractivity contribution is -0.137. The Hall–Kier alpha value is -4.10. The van der Waals surface area contributed by atoms with Crippen LogP contribution in [0.2, 0.25) is 5.02 Å². The Labute approximate surface area is 238 Å². The van der Waals surface area contributed by atoms with Crippen molar-refractivity contribution in [1.29, 1.82) is 0 Å². The number of aromatic nitrogens is 6. The molecule has 10 nitrogen and oxygen atoms in total. The highest BCUT2D eigenvalue weighted by Gasteiger charge is 2.32. The van der Waals surface area contributed by atoms with E-state index in [9.17, 15) is 13.2 Å². The fourth-order valence-electron chi connectivity index (χ4n) is 5.18. The number of hydrogen-bond donors (Lipinski definition) is 2. The fraction of sp³-hybridized carbons (Fsp3) is 0.333. The van der Waals surface area contributed by atoms with Crippen molar-refractivity contribution in [2.45, 2.75) is 24.9 Å². The summed E-state index contributed by atoms with van der Waals surface area (Å²) in [6.07, 6.45) is 3.41. The van der Waals surface area contributed by atoms with Crippen molar-refractivity contribution in [2.75, 3.05) is 37.8 Å². The first-order valence-electron chi connectivity index (χ1n) is 13.0. The van der Waals surface area contributed by atoms with Crippen molar-refractivity contribution < 1.29 is 17.9 Å². The van der Waals surface area contributed by atoms with Crippen LogP contribution in [0.4, 0.5) is 30.6 Å². The van der Waals surface area contributed by atoms with Crippen LogP contribution in [0.1, 0.15) is 29.9 Å². The zero-order chi connectivity index (χ0) is 28.9. The number of hydrogen-bond acceptors (Lipinski definition) is 8. The van der Waals surface area contributed by atoms with Gasteiger partial charge in [0, 0.05) is 32.2 Å². The van der Waals surface area contributed by atoms with E-state index in [-0.39, 0.29) is 22.6 Å². The Kier molecular flexibility index (Phi) is 6.86. The summed E-state index contributed by atoms with van der Waals surface area (Å²) in [5, 5.41) is 10.6. The number of imidazole rings is 1. The third-order valence-corrected chi connectivity index (χ3v) is 7.75. The van der Waals surface area contributed by atoms with E-state index in [1.165, 1.54) is 12.3 Å². The molecule has 1 fully saturated rings. The molecule has 0 atom stereocenters. The number of piperidine rings is 1. The first-order valence-corrected chi connectivity index (χ1v) is 13.4. The van der Waals surface area contributed by atoms with Crippen LogP contribution >= 0.6 is 11.6 Å². The topological polar surface area (TPSA) is 97.4 Å². The van der Waals surface area contributed by atoms with E-state index < -0.39 is 11.7 Å². The predicted molar refractivity (Wildman–Crippen MR) is 150 cm³/mol. The standard InChI is InChI=1S/C27H27ClF3N9O/c1-32-24-22-20(14-35-40(22)9-6-33-24)41-19-13-34-25-23(21(19)28)39(3)26(37-25)36-18-11-16(10-17(12-18)27(29,30)31)15-4-7-38(2)8-5-15/h6,9-15H,4-5,7-8H2,1-3H3,(H,32,33)(H,34,36,37). The van der Waals surface area contributed by atoms with Crippen molar-refractivity contribution in [3.63, 3.8) is 0 Å². The van der Waals surface area contributed by atoms with E-state index in [2.05, 4.69) is 35.6 Å². The average Bonchev–Trinajstić information content (AvgIpc) is 3.50. The van der Waals surface area contributed by atoms with Crippen molar-refractivity contribution in [2.24, 2.45) is 7.05 Å². The number of anilines is 3. The average molecular weight is 586 g/mol. The van der Waals surface area contributed by atoms with Gasteiger partial charge < -0.3 is 24.8 Å². The Morgan fingerprint density at radius 3 is 2.54 bits per heavy atom. The van der Waals surface area contributed by atoms with Gasteiger partial charge in [0.2, 0.25) is 5.95 Å². The number of rotatable bonds is 6. The second kappa shape index (κ2) is 10.4. The van der Waals surface area contributed by atoms with Gasteiger partial charge >= 0.3 is 6.18 Å². The SMILES string of the molecule is CNc1nccn2ncc(Oc3cnc4nc(Nc5cc(C6CCN(C)CC6)cc(C(F)(F)F)c5)n(C)c4c3Cl)c12. The van der Waals surface area contributed by atoms with Crippen molar-refractivity contribution in [1.82, 2.24) is 34.0 Å². The maximum atomic E-state index is 13.8. The molecule has 1 aromatic carbocycles.